The van der Waals surface area contributed by atoms with E-state index in [1.165, 1.54) is 5.56 Å². The zero-order valence-electron chi connectivity index (χ0n) is 9.66. The number of hydrazine groups is 1. The summed E-state index contributed by atoms with van der Waals surface area (Å²) in [5.41, 5.74) is 4.56. The fourth-order valence-electron chi connectivity index (χ4n) is 1.93. The normalized spacial score (nSPS) is 24.6. The van der Waals surface area contributed by atoms with Crippen molar-refractivity contribution in [3.05, 3.63) is 35.9 Å². The molecule has 1 atom stereocenters. The fourth-order valence-corrected chi connectivity index (χ4v) is 2.20. The van der Waals surface area contributed by atoms with Gasteiger partial charge in [-0.1, -0.05) is 30.3 Å². The lowest BCUT2D eigenvalue weighted by Crippen LogP contribution is -2.48. The molecule has 0 saturated carbocycles. The first-order valence-corrected chi connectivity index (χ1v) is 5.87. The molecule has 0 amide bonds. The summed E-state index contributed by atoms with van der Waals surface area (Å²) >= 11 is 5.17. The summed E-state index contributed by atoms with van der Waals surface area (Å²) in [6.45, 7) is 2.13. The molecule has 0 aliphatic carbocycles. The molecule has 0 bridgehead atoms. The third-order valence-electron chi connectivity index (χ3n) is 2.86. The molecule has 1 unspecified atom stereocenters. The second kappa shape index (κ2) is 4.39. The average molecular weight is 235 g/mol. The van der Waals surface area contributed by atoms with Gasteiger partial charge >= 0.3 is 0 Å². The number of rotatable bonds is 3. The van der Waals surface area contributed by atoms with E-state index in [2.05, 4.69) is 41.9 Å². The van der Waals surface area contributed by atoms with Gasteiger partial charge in [-0.25, -0.2) is 5.43 Å². The van der Waals surface area contributed by atoms with Gasteiger partial charge in [-0.2, -0.15) is 0 Å². The molecule has 0 aromatic heterocycles. The smallest absolute Gasteiger partial charge is 0.184 e. The van der Waals surface area contributed by atoms with Gasteiger partial charge in [0.2, 0.25) is 0 Å². The molecular weight excluding hydrogens is 218 g/mol. The largest absolute Gasteiger partial charge is 0.342 e. The quantitative estimate of drug-likeness (QED) is 0.779. The van der Waals surface area contributed by atoms with Crippen molar-refractivity contribution in [3.8, 4) is 0 Å². The molecule has 1 fully saturated rings. The topological polar surface area (TPSA) is 27.3 Å². The number of benzene rings is 1. The molecule has 2 rings (SSSR count). The minimum absolute atomic E-state index is 0.123. The SMILES string of the molecule is CN1NC(C)(CCc2ccccc2)NC1=S. The highest BCUT2D eigenvalue weighted by Crippen LogP contribution is 2.16. The minimum atomic E-state index is -0.123. The molecule has 1 aromatic rings. The highest BCUT2D eigenvalue weighted by molar-refractivity contribution is 7.80. The van der Waals surface area contributed by atoms with Crippen molar-refractivity contribution in [1.29, 1.82) is 0 Å². The van der Waals surface area contributed by atoms with Gasteiger partial charge in [-0.05, 0) is 37.5 Å². The van der Waals surface area contributed by atoms with E-state index >= 15 is 0 Å². The van der Waals surface area contributed by atoms with E-state index in [9.17, 15) is 0 Å². The average Bonchev–Trinajstić information content (AvgIpc) is 2.53. The highest BCUT2D eigenvalue weighted by atomic mass is 32.1. The van der Waals surface area contributed by atoms with Crippen LogP contribution >= 0.6 is 12.2 Å². The molecule has 1 aliphatic heterocycles. The number of nitrogens with zero attached hydrogens (tertiary/aromatic N) is 1. The summed E-state index contributed by atoms with van der Waals surface area (Å²) in [5.74, 6) is 0. The van der Waals surface area contributed by atoms with Crippen molar-refractivity contribution in [2.75, 3.05) is 7.05 Å². The molecule has 4 heteroatoms. The van der Waals surface area contributed by atoms with Crippen LogP contribution in [0.1, 0.15) is 18.9 Å². The number of nitrogens with one attached hydrogen (secondary N) is 2. The van der Waals surface area contributed by atoms with E-state index in [-0.39, 0.29) is 5.66 Å². The van der Waals surface area contributed by atoms with Crippen molar-refractivity contribution >= 4 is 17.3 Å². The van der Waals surface area contributed by atoms with E-state index in [0.717, 1.165) is 18.0 Å². The first kappa shape index (κ1) is 11.4. The maximum atomic E-state index is 5.17. The van der Waals surface area contributed by atoms with Crippen molar-refractivity contribution in [3.63, 3.8) is 0 Å². The van der Waals surface area contributed by atoms with E-state index < -0.39 is 0 Å². The summed E-state index contributed by atoms with van der Waals surface area (Å²) in [4.78, 5) is 0. The fraction of sp³-hybridized carbons (Fsp3) is 0.417. The van der Waals surface area contributed by atoms with Gasteiger partial charge in [-0.3, -0.25) is 5.01 Å². The van der Waals surface area contributed by atoms with E-state index in [0.29, 0.717) is 0 Å². The Morgan fingerprint density at radius 2 is 2.00 bits per heavy atom. The molecule has 1 aliphatic rings. The van der Waals surface area contributed by atoms with Crippen LogP contribution in [0.3, 0.4) is 0 Å². The van der Waals surface area contributed by atoms with Gasteiger partial charge in [-0.15, -0.1) is 0 Å². The van der Waals surface area contributed by atoms with Crippen LogP contribution in [-0.2, 0) is 6.42 Å². The summed E-state index contributed by atoms with van der Waals surface area (Å²) in [6, 6.07) is 10.5. The Hall–Kier alpha value is -1.13. The Morgan fingerprint density at radius 3 is 2.56 bits per heavy atom. The van der Waals surface area contributed by atoms with Crippen LogP contribution in [0.25, 0.3) is 0 Å². The Morgan fingerprint density at radius 1 is 1.31 bits per heavy atom. The minimum Gasteiger partial charge on any atom is -0.342 e. The Balaban J connectivity index is 1.94. The molecule has 86 valence electrons. The summed E-state index contributed by atoms with van der Waals surface area (Å²) in [5, 5.41) is 5.92. The van der Waals surface area contributed by atoms with Gasteiger partial charge in [0.25, 0.3) is 0 Å². The van der Waals surface area contributed by atoms with Gasteiger partial charge in [0.15, 0.2) is 5.11 Å². The van der Waals surface area contributed by atoms with Crippen LogP contribution in [0, 0.1) is 0 Å². The third kappa shape index (κ3) is 2.51. The molecule has 1 heterocycles. The van der Waals surface area contributed by atoms with Gasteiger partial charge < -0.3 is 5.32 Å². The van der Waals surface area contributed by atoms with E-state index in [4.69, 9.17) is 12.2 Å². The maximum Gasteiger partial charge on any atom is 0.184 e. The summed E-state index contributed by atoms with van der Waals surface area (Å²) in [6.07, 6.45) is 2.04. The monoisotopic (exact) mass is 235 g/mol. The van der Waals surface area contributed by atoms with Gasteiger partial charge in [0.1, 0.15) is 5.66 Å². The second-order valence-corrected chi connectivity index (χ2v) is 4.81. The first-order valence-electron chi connectivity index (χ1n) is 5.47. The molecule has 2 N–H and O–H groups in total. The Kier molecular flexibility index (Phi) is 3.12. The zero-order chi connectivity index (χ0) is 11.6. The number of hydrogen-bond donors (Lipinski definition) is 2. The van der Waals surface area contributed by atoms with Crippen LogP contribution in [0.2, 0.25) is 0 Å². The van der Waals surface area contributed by atoms with Crippen LogP contribution < -0.4 is 10.7 Å². The second-order valence-electron chi connectivity index (χ2n) is 4.42. The molecule has 1 saturated heterocycles. The Labute approximate surface area is 102 Å². The number of hydrogen-bond acceptors (Lipinski definition) is 2. The summed E-state index contributed by atoms with van der Waals surface area (Å²) in [7, 11) is 1.93. The third-order valence-corrected chi connectivity index (χ3v) is 3.23. The van der Waals surface area contributed by atoms with Crippen molar-refractivity contribution < 1.29 is 0 Å². The van der Waals surface area contributed by atoms with Crippen LogP contribution in [0.5, 0.6) is 0 Å². The molecule has 1 aromatic carbocycles. The molecule has 3 nitrogen and oxygen atoms in total. The number of aryl methyl sites for hydroxylation is 1. The van der Waals surface area contributed by atoms with E-state index in [1.807, 2.05) is 18.1 Å². The molecule has 0 radical (unpaired) electrons. The van der Waals surface area contributed by atoms with Crippen molar-refractivity contribution in [1.82, 2.24) is 15.8 Å². The highest BCUT2D eigenvalue weighted by Gasteiger charge is 2.33. The standard InChI is InChI=1S/C12H17N3S/c1-12(13-11(16)15(2)14-12)9-8-10-6-4-3-5-7-10/h3-7,14H,8-9H2,1-2H3,(H,13,16). The lowest BCUT2D eigenvalue weighted by molar-refractivity contribution is 0.248. The molecular formula is C12H17N3S. The predicted octanol–water partition coefficient (Wildman–Crippen LogP) is 1.66. The number of thiocarbonyl (C=S) groups is 1. The van der Waals surface area contributed by atoms with Crippen molar-refractivity contribution in [2.45, 2.75) is 25.4 Å². The molecule has 16 heavy (non-hydrogen) atoms. The summed E-state index contributed by atoms with van der Waals surface area (Å²) < 4.78 is 0. The Bertz CT molecular complexity index is 379. The lowest BCUT2D eigenvalue weighted by atomic mass is 10.0. The van der Waals surface area contributed by atoms with Crippen LogP contribution in [-0.4, -0.2) is 22.8 Å². The maximum absolute atomic E-state index is 5.17. The van der Waals surface area contributed by atoms with Crippen LogP contribution in [0.15, 0.2) is 30.3 Å². The van der Waals surface area contributed by atoms with Gasteiger partial charge in [0.05, 0.1) is 0 Å². The molecule has 0 spiro atoms. The predicted molar refractivity (Wildman–Crippen MR) is 69.8 cm³/mol. The van der Waals surface area contributed by atoms with Crippen LogP contribution in [0.4, 0.5) is 0 Å². The lowest BCUT2D eigenvalue weighted by Gasteiger charge is -2.24. The first-order chi connectivity index (χ1) is 7.59. The zero-order valence-corrected chi connectivity index (χ0v) is 10.5. The van der Waals surface area contributed by atoms with E-state index in [1.54, 1.807) is 0 Å². The van der Waals surface area contributed by atoms with Gasteiger partial charge in [0, 0.05) is 7.05 Å². The van der Waals surface area contributed by atoms with Crippen molar-refractivity contribution in [2.24, 2.45) is 0 Å².